The molecule has 0 saturated carbocycles. The molecule has 0 unspecified atom stereocenters. The van der Waals surface area contributed by atoms with Crippen molar-refractivity contribution in [1.29, 1.82) is 0 Å². The van der Waals surface area contributed by atoms with E-state index in [1.165, 1.54) is 5.57 Å². The van der Waals surface area contributed by atoms with E-state index < -0.39 is 0 Å². The summed E-state index contributed by atoms with van der Waals surface area (Å²) < 4.78 is 0. The maximum atomic E-state index is 12.4. The van der Waals surface area contributed by atoms with Gasteiger partial charge in [0.15, 0.2) is 0 Å². The Bertz CT molecular complexity index is 531. The van der Waals surface area contributed by atoms with E-state index >= 15 is 0 Å². The van der Waals surface area contributed by atoms with Crippen molar-refractivity contribution in [3.05, 3.63) is 41.5 Å². The minimum Gasteiger partial charge on any atom is -0.326 e. The number of amides is 1. The average molecular weight is 226 g/mol. The zero-order valence-corrected chi connectivity index (χ0v) is 9.76. The molecule has 3 heteroatoms. The van der Waals surface area contributed by atoms with E-state index in [-0.39, 0.29) is 11.9 Å². The fourth-order valence-electron chi connectivity index (χ4n) is 2.43. The third-order valence-electron chi connectivity index (χ3n) is 3.43. The first-order valence-corrected chi connectivity index (χ1v) is 5.88. The van der Waals surface area contributed by atoms with Gasteiger partial charge in [-0.25, -0.2) is 0 Å². The van der Waals surface area contributed by atoms with Crippen molar-refractivity contribution in [1.82, 2.24) is 4.90 Å². The van der Waals surface area contributed by atoms with Crippen LogP contribution in [0.2, 0.25) is 0 Å². The first kappa shape index (κ1) is 10.3. The molecule has 2 aliphatic heterocycles. The Balaban J connectivity index is 2.05. The smallest absolute Gasteiger partial charge is 0.256 e. The third kappa shape index (κ3) is 1.58. The molecule has 17 heavy (non-hydrogen) atoms. The number of hydrogen-bond donors (Lipinski definition) is 0. The van der Waals surface area contributed by atoms with Gasteiger partial charge in [-0.1, -0.05) is 23.8 Å². The molecular weight excluding hydrogens is 212 g/mol. The molecule has 0 aromatic heterocycles. The molecule has 1 amide bonds. The van der Waals surface area contributed by atoms with Crippen LogP contribution in [0.25, 0.3) is 0 Å². The summed E-state index contributed by atoms with van der Waals surface area (Å²) in [6.07, 6.45) is 4.92. The summed E-state index contributed by atoms with van der Waals surface area (Å²) in [5.41, 5.74) is 2.81. The molecule has 0 bridgehead atoms. The Labute approximate surface area is 100 Å². The van der Waals surface area contributed by atoms with Crippen LogP contribution < -0.4 is 0 Å². The van der Waals surface area contributed by atoms with Crippen molar-refractivity contribution in [2.75, 3.05) is 6.54 Å². The highest BCUT2D eigenvalue weighted by molar-refractivity contribution is 6.03. The second-order valence-electron chi connectivity index (χ2n) is 4.45. The van der Waals surface area contributed by atoms with Crippen molar-refractivity contribution < 1.29 is 4.79 Å². The molecule has 1 atom stereocenters. The topological polar surface area (TPSA) is 32.7 Å². The highest BCUT2D eigenvalue weighted by atomic mass is 16.2. The summed E-state index contributed by atoms with van der Waals surface area (Å²) in [5, 5.41) is 0. The molecule has 3 rings (SSSR count). The predicted octanol–water partition coefficient (Wildman–Crippen LogP) is 2.56. The van der Waals surface area contributed by atoms with Gasteiger partial charge in [0.05, 0.1) is 17.3 Å². The number of carbonyl (C=O) groups excluding carboxylic acids is 1. The molecule has 1 fully saturated rings. The van der Waals surface area contributed by atoms with Crippen LogP contribution in [0.15, 0.2) is 40.9 Å². The summed E-state index contributed by atoms with van der Waals surface area (Å²) >= 11 is 0. The highest BCUT2D eigenvalue weighted by Gasteiger charge is 2.33. The first-order chi connectivity index (χ1) is 8.29. The zero-order valence-electron chi connectivity index (χ0n) is 9.76. The summed E-state index contributed by atoms with van der Waals surface area (Å²) in [7, 11) is 0. The van der Waals surface area contributed by atoms with Crippen molar-refractivity contribution >= 4 is 17.8 Å². The monoisotopic (exact) mass is 226 g/mol. The van der Waals surface area contributed by atoms with Gasteiger partial charge in [-0.05, 0) is 25.5 Å². The molecular formula is C14H14N2O. The lowest BCUT2D eigenvalue weighted by Gasteiger charge is -2.19. The lowest BCUT2D eigenvalue weighted by molar-refractivity contribution is 0.0778. The molecule has 1 aromatic carbocycles. The Morgan fingerprint density at radius 1 is 1.41 bits per heavy atom. The number of nitrogens with zero attached hydrogens (tertiary/aromatic N) is 2. The molecule has 0 N–H and O–H groups in total. The fourth-order valence-corrected chi connectivity index (χ4v) is 2.43. The molecule has 2 aliphatic rings. The van der Waals surface area contributed by atoms with Crippen LogP contribution in [0.1, 0.15) is 23.7 Å². The zero-order chi connectivity index (χ0) is 11.8. The van der Waals surface area contributed by atoms with E-state index in [0.29, 0.717) is 5.56 Å². The van der Waals surface area contributed by atoms with Crippen molar-refractivity contribution in [2.24, 2.45) is 4.99 Å². The first-order valence-electron chi connectivity index (χ1n) is 5.88. The summed E-state index contributed by atoms with van der Waals surface area (Å²) in [5.74, 6) is 0.0972. The molecule has 1 aromatic rings. The van der Waals surface area contributed by atoms with E-state index in [9.17, 15) is 4.79 Å². The number of aliphatic imine (C=N–C) groups is 1. The minimum atomic E-state index is 0.0972. The van der Waals surface area contributed by atoms with Crippen LogP contribution in [-0.4, -0.2) is 29.6 Å². The molecule has 1 saturated heterocycles. The van der Waals surface area contributed by atoms with E-state index in [4.69, 9.17) is 0 Å². The maximum absolute atomic E-state index is 12.4. The van der Waals surface area contributed by atoms with Gasteiger partial charge in [-0.3, -0.25) is 9.79 Å². The number of rotatable bonds is 0. The SMILES string of the molecule is C/C=C1/C[C@H]2C=Nc3ccccc3C(=O)N2C1. The minimum absolute atomic E-state index is 0.0972. The van der Waals surface area contributed by atoms with Crippen molar-refractivity contribution in [3.63, 3.8) is 0 Å². The predicted molar refractivity (Wildman–Crippen MR) is 67.8 cm³/mol. The molecule has 86 valence electrons. The lowest BCUT2D eigenvalue weighted by atomic mass is 10.1. The normalized spacial score (nSPS) is 24.8. The summed E-state index contributed by atoms with van der Waals surface area (Å²) in [6, 6.07) is 7.67. The number of benzene rings is 1. The highest BCUT2D eigenvalue weighted by Crippen LogP contribution is 2.30. The molecule has 0 spiro atoms. The number of fused-ring (bicyclic) bond motifs is 2. The van der Waals surface area contributed by atoms with Crippen LogP contribution in [0.5, 0.6) is 0 Å². The van der Waals surface area contributed by atoms with Crippen LogP contribution >= 0.6 is 0 Å². The van der Waals surface area contributed by atoms with E-state index in [0.717, 1.165) is 18.7 Å². The molecule has 2 heterocycles. The quantitative estimate of drug-likeness (QED) is 0.626. The van der Waals surface area contributed by atoms with Gasteiger partial charge in [0.25, 0.3) is 5.91 Å². The van der Waals surface area contributed by atoms with Crippen LogP contribution in [-0.2, 0) is 0 Å². The fraction of sp³-hybridized carbons (Fsp3) is 0.286. The van der Waals surface area contributed by atoms with Crippen LogP contribution in [0.3, 0.4) is 0 Å². The average Bonchev–Trinajstić information content (AvgIpc) is 2.74. The van der Waals surface area contributed by atoms with Gasteiger partial charge >= 0.3 is 0 Å². The van der Waals surface area contributed by atoms with E-state index in [2.05, 4.69) is 11.1 Å². The largest absolute Gasteiger partial charge is 0.326 e. The summed E-state index contributed by atoms with van der Waals surface area (Å²) in [6.45, 7) is 2.76. The second kappa shape index (κ2) is 3.84. The third-order valence-corrected chi connectivity index (χ3v) is 3.43. The standard InChI is InChI=1S/C14H14N2O/c1-2-10-7-11-8-15-13-6-4-3-5-12(13)14(17)16(11)9-10/h2-6,8,11H,7,9H2,1H3/b10-2-/t11-/m0/s1. The Hall–Kier alpha value is -1.90. The molecule has 0 aliphatic carbocycles. The van der Waals surface area contributed by atoms with Gasteiger partial charge in [0, 0.05) is 12.8 Å². The number of allylic oxidation sites excluding steroid dienone is 1. The number of carbonyl (C=O) groups is 1. The van der Waals surface area contributed by atoms with Gasteiger partial charge in [-0.15, -0.1) is 0 Å². The van der Waals surface area contributed by atoms with Gasteiger partial charge < -0.3 is 4.90 Å². The van der Waals surface area contributed by atoms with E-state index in [1.807, 2.05) is 42.3 Å². The maximum Gasteiger partial charge on any atom is 0.256 e. The lowest BCUT2D eigenvalue weighted by Crippen LogP contribution is -2.35. The van der Waals surface area contributed by atoms with Crippen molar-refractivity contribution in [2.45, 2.75) is 19.4 Å². The molecule has 3 nitrogen and oxygen atoms in total. The Morgan fingerprint density at radius 2 is 2.24 bits per heavy atom. The molecule has 0 radical (unpaired) electrons. The van der Waals surface area contributed by atoms with E-state index in [1.54, 1.807) is 0 Å². The Morgan fingerprint density at radius 3 is 3.06 bits per heavy atom. The van der Waals surface area contributed by atoms with Crippen LogP contribution in [0, 0.1) is 0 Å². The second-order valence-corrected chi connectivity index (χ2v) is 4.45. The Kier molecular flexibility index (Phi) is 2.32. The number of para-hydroxylation sites is 1. The van der Waals surface area contributed by atoms with Crippen LogP contribution in [0.4, 0.5) is 5.69 Å². The van der Waals surface area contributed by atoms with Gasteiger partial charge in [-0.2, -0.15) is 0 Å². The van der Waals surface area contributed by atoms with Crippen molar-refractivity contribution in [3.8, 4) is 0 Å². The van der Waals surface area contributed by atoms with Gasteiger partial charge in [0.2, 0.25) is 0 Å². The number of hydrogen-bond acceptors (Lipinski definition) is 2. The summed E-state index contributed by atoms with van der Waals surface area (Å²) in [4.78, 5) is 18.7. The van der Waals surface area contributed by atoms with Gasteiger partial charge in [0.1, 0.15) is 0 Å².